The molecule has 0 unspecified atom stereocenters. The van der Waals surface area contributed by atoms with Crippen molar-refractivity contribution in [1.82, 2.24) is 0 Å². The van der Waals surface area contributed by atoms with Gasteiger partial charge < -0.3 is 14.8 Å². The molecular weight excluding hydrogens is 314 g/mol. The summed E-state index contributed by atoms with van der Waals surface area (Å²) in [5.74, 6) is 0.0752. The van der Waals surface area contributed by atoms with E-state index in [0.29, 0.717) is 12.1 Å². The maximum absolute atomic E-state index is 11.7. The smallest absolute Gasteiger partial charge is 0.336 e. The Morgan fingerprint density at radius 1 is 1.22 bits per heavy atom. The number of hydrogen-bond donors (Lipinski definition) is 2. The van der Waals surface area contributed by atoms with Crippen LogP contribution in [0.4, 0.5) is 0 Å². The second-order valence-corrected chi connectivity index (χ2v) is 5.93. The fourth-order valence-electron chi connectivity index (χ4n) is 2.66. The Labute approximate surface area is 138 Å². The Balaban J connectivity index is 1.87. The molecule has 0 saturated heterocycles. The van der Waals surface area contributed by atoms with E-state index in [4.69, 9.17) is 16.0 Å². The number of phenols is 1. The molecule has 0 amide bonds. The second kappa shape index (κ2) is 6.44. The average molecular weight is 331 g/mol. The summed E-state index contributed by atoms with van der Waals surface area (Å²) in [5, 5.41) is 13.2. The van der Waals surface area contributed by atoms with E-state index in [-0.39, 0.29) is 11.8 Å². The van der Waals surface area contributed by atoms with Crippen LogP contribution in [-0.4, -0.2) is 5.11 Å². The predicted octanol–water partition coefficient (Wildman–Crippen LogP) is 2.98. The standard InChI is InChI=1S/C18H16ClNO3/c1-11(14-4-2-3-5-16(14)19)20-10-12-8-18(22)23-17-9-13(21)6-7-15(12)17/h2-9,11,20-21H,10H2,1H3/p+1/t11-/m1/s1. The molecule has 1 heterocycles. The van der Waals surface area contributed by atoms with Crippen molar-refractivity contribution in [2.75, 3.05) is 0 Å². The molecule has 3 rings (SSSR count). The van der Waals surface area contributed by atoms with Gasteiger partial charge in [0.15, 0.2) is 0 Å². The monoisotopic (exact) mass is 330 g/mol. The second-order valence-electron chi connectivity index (χ2n) is 5.52. The van der Waals surface area contributed by atoms with Crippen LogP contribution in [0.3, 0.4) is 0 Å². The maximum atomic E-state index is 11.7. The average Bonchev–Trinajstić information content (AvgIpc) is 2.52. The van der Waals surface area contributed by atoms with Crippen molar-refractivity contribution in [3.05, 3.63) is 75.1 Å². The van der Waals surface area contributed by atoms with Gasteiger partial charge in [0.25, 0.3) is 0 Å². The van der Waals surface area contributed by atoms with Gasteiger partial charge in [0.05, 0.1) is 0 Å². The number of quaternary nitrogens is 1. The number of hydrogen-bond acceptors (Lipinski definition) is 3. The summed E-state index contributed by atoms with van der Waals surface area (Å²) >= 11 is 6.23. The first-order chi connectivity index (χ1) is 11.0. The highest BCUT2D eigenvalue weighted by Gasteiger charge is 2.14. The molecule has 4 nitrogen and oxygen atoms in total. The summed E-state index contributed by atoms with van der Waals surface area (Å²) in [6.07, 6.45) is 0. The molecule has 3 N–H and O–H groups in total. The number of rotatable bonds is 4. The van der Waals surface area contributed by atoms with Gasteiger partial charge in [0, 0.05) is 33.7 Å². The Bertz CT molecular complexity index is 904. The van der Waals surface area contributed by atoms with Gasteiger partial charge in [-0.05, 0) is 25.1 Å². The van der Waals surface area contributed by atoms with Crippen LogP contribution < -0.4 is 10.9 Å². The summed E-state index contributed by atoms with van der Waals surface area (Å²) in [6.45, 7) is 2.68. The third-order valence-electron chi connectivity index (χ3n) is 3.90. The van der Waals surface area contributed by atoms with Crippen molar-refractivity contribution in [2.24, 2.45) is 0 Å². The van der Waals surface area contributed by atoms with E-state index in [2.05, 4.69) is 12.2 Å². The molecule has 5 heteroatoms. The van der Waals surface area contributed by atoms with E-state index in [1.807, 2.05) is 24.3 Å². The summed E-state index contributed by atoms with van der Waals surface area (Å²) < 4.78 is 5.14. The first-order valence-electron chi connectivity index (χ1n) is 7.38. The topological polar surface area (TPSA) is 67.0 Å². The Kier molecular flexibility index (Phi) is 4.37. The number of halogens is 1. The van der Waals surface area contributed by atoms with Crippen LogP contribution in [0.5, 0.6) is 5.75 Å². The highest BCUT2D eigenvalue weighted by atomic mass is 35.5. The largest absolute Gasteiger partial charge is 0.508 e. The van der Waals surface area contributed by atoms with E-state index >= 15 is 0 Å². The van der Waals surface area contributed by atoms with Crippen LogP contribution in [-0.2, 0) is 6.54 Å². The minimum absolute atomic E-state index is 0.0752. The third-order valence-corrected chi connectivity index (χ3v) is 4.25. The molecule has 1 aromatic heterocycles. The highest BCUT2D eigenvalue weighted by molar-refractivity contribution is 6.31. The van der Waals surface area contributed by atoms with Crippen LogP contribution in [0.25, 0.3) is 11.0 Å². The first kappa shape index (κ1) is 15.6. The fraction of sp³-hybridized carbons (Fsp3) is 0.167. The van der Waals surface area contributed by atoms with Gasteiger partial charge in [-0.15, -0.1) is 0 Å². The van der Waals surface area contributed by atoms with E-state index in [0.717, 1.165) is 21.5 Å². The number of aromatic hydroxyl groups is 1. The molecule has 0 bridgehead atoms. The molecule has 2 aromatic carbocycles. The Morgan fingerprint density at radius 2 is 2.00 bits per heavy atom. The van der Waals surface area contributed by atoms with Crippen LogP contribution in [0.2, 0.25) is 5.02 Å². The molecule has 0 radical (unpaired) electrons. The van der Waals surface area contributed by atoms with Crippen LogP contribution >= 0.6 is 11.6 Å². The molecule has 0 aliphatic carbocycles. The van der Waals surface area contributed by atoms with Gasteiger partial charge >= 0.3 is 5.63 Å². The first-order valence-corrected chi connectivity index (χ1v) is 7.76. The summed E-state index contributed by atoms with van der Waals surface area (Å²) in [6, 6.07) is 14.2. The van der Waals surface area contributed by atoms with E-state index in [1.54, 1.807) is 12.1 Å². The number of nitrogens with two attached hydrogens (primary N) is 1. The van der Waals surface area contributed by atoms with E-state index in [1.165, 1.54) is 12.1 Å². The molecular formula is C18H17ClNO3+. The summed E-state index contributed by atoms with van der Waals surface area (Å²) in [7, 11) is 0. The molecule has 0 saturated carbocycles. The zero-order valence-electron chi connectivity index (χ0n) is 12.6. The lowest BCUT2D eigenvalue weighted by Gasteiger charge is -2.13. The summed E-state index contributed by atoms with van der Waals surface area (Å²) in [4.78, 5) is 11.7. The lowest BCUT2D eigenvalue weighted by Crippen LogP contribution is -2.83. The number of benzene rings is 2. The zero-order valence-corrected chi connectivity index (χ0v) is 13.4. The van der Waals surface area contributed by atoms with Crippen molar-refractivity contribution in [1.29, 1.82) is 0 Å². The predicted molar refractivity (Wildman–Crippen MR) is 89.6 cm³/mol. The molecule has 118 valence electrons. The molecule has 0 spiro atoms. The minimum atomic E-state index is -0.420. The fourth-order valence-corrected chi connectivity index (χ4v) is 2.97. The van der Waals surface area contributed by atoms with Gasteiger partial charge in [0.1, 0.15) is 23.9 Å². The van der Waals surface area contributed by atoms with Gasteiger partial charge in [-0.1, -0.05) is 29.8 Å². The van der Waals surface area contributed by atoms with Crippen molar-refractivity contribution < 1.29 is 14.8 Å². The lowest BCUT2D eigenvalue weighted by molar-refractivity contribution is -0.707. The lowest BCUT2D eigenvalue weighted by atomic mass is 10.1. The van der Waals surface area contributed by atoms with E-state index in [9.17, 15) is 9.90 Å². The SMILES string of the molecule is C[C@@H]([NH2+]Cc1cc(=O)oc2cc(O)ccc12)c1ccccc1Cl. The van der Waals surface area contributed by atoms with Gasteiger partial charge in [-0.3, -0.25) is 0 Å². The van der Waals surface area contributed by atoms with Gasteiger partial charge in [-0.25, -0.2) is 4.79 Å². The highest BCUT2D eigenvalue weighted by Crippen LogP contribution is 2.22. The zero-order chi connectivity index (χ0) is 16.4. The van der Waals surface area contributed by atoms with Crippen LogP contribution in [0.15, 0.2) is 57.7 Å². The van der Waals surface area contributed by atoms with Crippen molar-refractivity contribution in [3.63, 3.8) is 0 Å². The molecule has 0 fully saturated rings. The molecule has 1 atom stereocenters. The normalized spacial score (nSPS) is 12.4. The quantitative estimate of drug-likeness (QED) is 0.723. The molecule has 0 aliphatic heterocycles. The summed E-state index contributed by atoms with van der Waals surface area (Å²) in [5.41, 5.74) is 1.90. The molecule has 0 aliphatic rings. The van der Waals surface area contributed by atoms with Crippen LogP contribution in [0.1, 0.15) is 24.1 Å². The van der Waals surface area contributed by atoms with Crippen molar-refractivity contribution in [3.8, 4) is 5.75 Å². The Morgan fingerprint density at radius 3 is 2.78 bits per heavy atom. The van der Waals surface area contributed by atoms with Crippen molar-refractivity contribution in [2.45, 2.75) is 19.5 Å². The number of fused-ring (bicyclic) bond motifs is 1. The molecule has 3 aromatic rings. The van der Waals surface area contributed by atoms with E-state index < -0.39 is 5.63 Å². The Hall–Kier alpha value is -2.30. The molecule has 23 heavy (non-hydrogen) atoms. The van der Waals surface area contributed by atoms with Crippen molar-refractivity contribution >= 4 is 22.6 Å². The maximum Gasteiger partial charge on any atom is 0.336 e. The van der Waals surface area contributed by atoms with Gasteiger partial charge in [-0.2, -0.15) is 0 Å². The third kappa shape index (κ3) is 3.38. The minimum Gasteiger partial charge on any atom is -0.508 e. The number of phenolic OH excluding ortho intramolecular Hbond substituents is 1. The van der Waals surface area contributed by atoms with Crippen LogP contribution in [0, 0.1) is 0 Å². The van der Waals surface area contributed by atoms with Gasteiger partial charge in [0.2, 0.25) is 0 Å².